The number of hydrogen-bond acceptors (Lipinski definition) is 6. The molecule has 0 aliphatic heterocycles. The molecule has 0 radical (unpaired) electrons. The Hall–Kier alpha value is -2.91. The molecule has 0 atom stereocenters. The lowest BCUT2D eigenvalue weighted by Gasteiger charge is -2.17. The third-order valence-electron chi connectivity index (χ3n) is 4.12. The van der Waals surface area contributed by atoms with Crippen LogP contribution in [-0.4, -0.2) is 41.5 Å². The van der Waals surface area contributed by atoms with Crippen molar-refractivity contribution in [3.8, 4) is 5.69 Å². The Morgan fingerprint density at radius 3 is 2.38 bits per heavy atom. The number of benzene rings is 1. The Bertz CT molecular complexity index is 1290. The van der Waals surface area contributed by atoms with E-state index in [4.69, 9.17) is 17.4 Å². The maximum atomic E-state index is 14.5. The minimum absolute atomic E-state index is 0.0423. The lowest BCUT2D eigenvalue weighted by molar-refractivity contribution is -0.143. The molecule has 0 unspecified atom stereocenters. The van der Waals surface area contributed by atoms with E-state index in [0.717, 1.165) is 4.31 Å². The van der Waals surface area contributed by atoms with Crippen LogP contribution in [0.25, 0.3) is 5.69 Å². The molecule has 3 N–H and O–H groups in total. The van der Waals surface area contributed by atoms with Crippen LogP contribution < -0.4 is 21.8 Å². The van der Waals surface area contributed by atoms with E-state index in [1.54, 1.807) is 11.6 Å². The van der Waals surface area contributed by atoms with Crippen molar-refractivity contribution in [1.29, 1.82) is 0 Å². The highest BCUT2D eigenvalue weighted by Gasteiger charge is 2.36. The Morgan fingerprint density at radius 1 is 1.25 bits per heavy atom. The summed E-state index contributed by atoms with van der Waals surface area (Å²) in [6, 6.07) is 0.982. The summed E-state index contributed by atoms with van der Waals surface area (Å²) in [6.45, 7) is 1.74. The van der Waals surface area contributed by atoms with Crippen molar-refractivity contribution in [2.24, 2.45) is 0 Å². The first-order chi connectivity index (χ1) is 14.6. The molecule has 0 spiro atoms. The molecule has 32 heavy (non-hydrogen) atoms. The van der Waals surface area contributed by atoms with E-state index < -0.39 is 66.0 Å². The van der Waals surface area contributed by atoms with Gasteiger partial charge in [0.2, 0.25) is 0 Å². The van der Waals surface area contributed by atoms with Crippen molar-refractivity contribution < 1.29 is 30.8 Å². The number of alkyl halides is 3. The van der Waals surface area contributed by atoms with Crippen molar-refractivity contribution in [2.75, 3.05) is 19.4 Å². The van der Waals surface area contributed by atoms with Gasteiger partial charge in [-0.2, -0.15) is 25.9 Å². The summed E-state index contributed by atoms with van der Waals surface area (Å²) in [6.07, 6.45) is -4.73. The van der Waals surface area contributed by atoms with Gasteiger partial charge in [0.15, 0.2) is 5.69 Å². The van der Waals surface area contributed by atoms with Crippen molar-refractivity contribution in [2.45, 2.75) is 19.5 Å². The zero-order valence-electron chi connectivity index (χ0n) is 16.4. The summed E-state index contributed by atoms with van der Waals surface area (Å²) in [5, 5.41) is -0.592. The molecule has 10 nitrogen and oxygen atoms in total. The maximum absolute atomic E-state index is 14.5. The van der Waals surface area contributed by atoms with Crippen LogP contribution in [0.4, 0.5) is 17.6 Å². The Kier molecular flexibility index (Phi) is 7.06. The number of carbonyl (C=O) groups is 1. The molecule has 1 aromatic heterocycles. The number of nitrogens with zero attached hydrogens (tertiary/aromatic N) is 3. The van der Waals surface area contributed by atoms with Crippen molar-refractivity contribution in [3.05, 3.63) is 61.1 Å². The number of carbonyl (C=O) groups excluding carboxylic acids is 1. The van der Waals surface area contributed by atoms with E-state index in [1.807, 2.05) is 0 Å². The van der Waals surface area contributed by atoms with Gasteiger partial charge in [0, 0.05) is 19.7 Å². The Balaban J connectivity index is 2.65. The van der Waals surface area contributed by atoms with Gasteiger partial charge in [-0.3, -0.25) is 9.59 Å². The molecule has 1 aromatic carbocycles. The molecular formula is C16H16ClF4N5O5S. The summed E-state index contributed by atoms with van der Waals surface area (Å²) >= 11 is 5.80. The summed E-state index contributed by atoms with van der Waals surface area (Å²) in [5.41, 5.74) is -6.81. The maximum Gasteiger partial charge on any atom is 0.433 e. The van der Waals surface area contributed by atoms with Gasteiger partial charge in [-0.05, 0) is 18.6 Å². The Labute approximate surface area is 183 Å². The summed E-state index contributed by atoms with van der Waals surface area (Å²) < 4.78 is 79.6. The first-order valence-corrected chi connectivity index (χ1v) is 10.4. The lowest BCUT2D eigenvalue weighted by atomic mass is 10.1. The summed E-state index contributed by atoms with van der Waals surface area (Å²) in [4.78, 5) is 36.9. The van der Waals surface area contributed by atoms with E-state index in [9.17, 15) is 40.4 Å². The number of nitrogens with two attached hydrogens (primary N) is 1. The van der Waals surface area contributed by atoms with Gasteiger partial charge in [0.05, 0.1) is 16.3 Å². The zero-order valence-corrected chi connectivity index (χ0v) is 18.0. The predicted octanol–water partition coefficient (Wildman–Crippen LogP) is 0.841. The van der Waals surface area contributed by atoms with Crippen LogP contribution in [0.3, 0.4) is 0 Å². The van der Waals surface area contributed by atoms with Crippen molar-refractivity contribution in [1.82, 2.24) is 18.3 Å². The SMILES string of the molecule is CCCN(C)S(=O)(=O)NC(=O)c1cc(-n2c(=O)cc(C(F)(F)F)n(N)c2=O)c(F)cc1Cl. The second-order valence-electron chi connectivity index (χ2n) is 6.39. The third-order valence-corrected chi connectivity index (χ3v) is 5.88. The van der Waals surface area contributed by atoms with Crippen LogP contribution in [0.1, 0.15) is 29.4 Å². The minimum Gasteiger partial charge on any atom is -0.335 e. The monoisotopic (exact) mass is 501 g/mol. The second kappa shape index (κ2) is 8.91. The van der Waals surface area contributed by atoms with E-state index in [-0.39, 0.29) is 17.2 Å². The molecule has 2 rings (SSSR count). The smallest absolute Gasteiger partial charge is 0.335 e. The van der Waals surface area contributed by atoms with Gasteiger partial charge in [-0.25, -0.2) is 23.2 Å². The van der Waals surface area contributed by atoms with Crippen LogP contribution in [0.5, 0.6) is 0 Å². The largest absolute Gasteiger partial charge is 0.433 e. The minimum atomic E-state index is -5.16. The molecule has 0 saturated heterocycles. The van der Waals surface area contributed by atoms with E-state index in [2.05, 4.69) is 0 Å². The summed E-state index contributed by atoms with van der Waals surface area (Å²) in [5.74, 6) is 2.41. The first kappa shape index (κ1) is 25.4. The van der Waals surface area contributed by atoms with E-state index in [1.165, 1.54) is 7.05 Å². The van der Waals surface area contributed by atoms with Crippen molar-refractivity contribution in [3.63, 3.8) is 0 Å². The van der Waals surface area contributed by atoms with Gasteiger partial charge in [-0.15, -0.1) is 0 Å². The number of halogens is 5. The molecule has 16 heteroatoms. The molecule has 1 heterocycles. The number of nitrogens with one attached hydrogen (secondary N) is 1. The Morgan fingerprint density at radius 2 is 1.84 bits per heavy atom. The quantitative estimate of drug-likeness (QED) is 0.444. The molecular weight excluding hydrogens is 486 g/mol. The topological polar surface area (TPSA) is 136 Å². The fraction of sp³-hybridized carbons (Fsp3) is 0.312. The van der Waals surface area contributed by atoms with Crippen molar-refractivity contribution >= 4 is 27.7 Å². The zero-order chi connectivity index (χ0) is 24.6. The van der Waals surface area contributed by atoms with Crippen LogP contribution in [0.2, 0.25) is 5.02 Å². The van der Waals surface area contributed by atoms with Gasteiger partial charge >= 0.3 is 22.1 Å². The molecule has 0 bridgehead atoms. The molecule has 0 aliphatic carbocycles. The van der Waals surface area contributed by atoms with Gasteiger partial charge in [-0.1, -0.05) is 18.5 Å². The number of hydrogen-bond donors (Lipinski definition) is 2. The lowest BCUT2D eigenvalue weighted by Crippen LogP contribution is -2.45. The van der Waals surface area contributed by atoms with Crippen LogP contribution in [-0.2, 0) is 16.4 Å². The number of rotatable bonds is 6. The number of amides is 1. The first-order valence-electron chi connectivity index (χ1n) is 8.61. The molecule has 2 aromatic rings. The highest BCUT2D eigenvalue weighted by Crippen LogP contribution is 2.27. The number of nitrogen functional groups attached to an aromatic ring is 1. The van der Waals surface area contributed by atoms with Gasteiger partial charge < -0.3 is 5.84 Å². The number of aromatic nitrogens is 2. The van der Waals surface area contributed by atoms with Crippen LogP contribution in [0.15, 0.2) is 27.8 Å². The highest BCUT2D eigenvalue weighted by atomic mass is 35.5. The standard InChI is InChI=1S/C16H16ClF4N5O5S/c1-3-4-24(2)32(30,31)23-14(28)8-5-11(10(18)6-9(8)17)25-13(27)7-12(16(19,20)21)26(22)15(25)29/h5-7H,3-4,22H2,1-2H3,(H,23,28). The fourth-order valence-electron chi connectivity index (χ4n) is 2.56. The van der Waals surface area contributed by atoms with E-state index >= 15 is 0 Å². The normalized spacial score (nSPS) is 12.2. The average Bonchev–Trinajstić information content (AvgIpc) is 2.65. The molecule has 0 aliphatic rings. The fourth-order valence-corrected chi connectivity index (χ4v) is 3.72. The molecule has 0 saturated carbocycles. The van der Waals surface area contributed by atoms with E-state index in [0.29, 0.717) is 18.6 Å². The average molecular weight is 502 g/mol. The highest BCUT2D eigenvalue weighted by molar-refractivity contribution is 7.87. The van der Waals surface area contributed by atoms with Crippen LogP contribution in [0, 0.1) is 5.82 Å². The predicted molar refractivity (Wildman–Crippen MR) is 106 cm³/mol. The van der Waals surface area contributed by atoms with Gasteiger partial charge in [0.1, 0.15) is 5.82 Å². The van der Waals surface area contributed by atoms with Gasteiger partial charge in [0.25, 0.3) is 11.5 Å². The second-order valence-corrected chi connectivity index (χ2v) is 8.58. The van der Waals surface area contributed by atoms with Crippen LogP contribution >= 0.6 is 11.6 Å². The third kappa shape index (κ3) is 4.94. The summed E-state index contributed by atoms with van der Waals surface area (Å²) in [7, 11) is -3.13. The molecule has 176 valence electrons. The molecule has 1 amide bonds. The molecule has 0 fully saturated rings.